The van der Waals surface area contributed by atoms with Gasteiger partial charge in [0.25, 0.3) is 0 Å². The van der Waals surface area contributed by atoms with E-state index in [0.717, 1.165) is 54.6 Å². The molecule has 198 valence electrons. The monoisotopic (exact) mass is 507 g/mol. The minimum atomic E-state index is -0.542. The number of aromatic nitrogens is 3. The summed E-state index contributed by atoms with van der Waals surface area (Å²) in [5.41, 5.74) is 1.12. The van der Waals surface area contributed by atoms with Crippen molar-refractivity contribution in [1.82, 2.24) is 19.4 Å². The Morgan fingerprint density at radius 1 is 1.16 bits per heavy atom. The van der Waals surface area contributed by atoms with Gasteiger partial charge in [-0.25, -0.2) is 14.8 Å². The SMILES string of the molecule is C[C@H]1CN(C(=O)OC(C)(C)C)CCN1c1ncnc2c1c(N1CCCC1=O)cn2[C@H]1CCC[C@@H](C#N)C1. The maximum absolute atomic E-state index is 12.8. The van der Waals surface area contributed by atoms with Gasteiger partial charge in [-0.15, -0.1) is 0 Å². The summed E-state index contributed by atoms with van der Waals surface area (Å²) in [5.74, 6) is 0.952. The number of anilines is 2. The highest BCUT2D eigenvalue weighted by Gasteiger charge is 2.35. The summed E-state index contributed by atoms with van der Waals surface area (Å²) in [4.78, 5) is 40.8. The van der Waals surface area contributed by atoms with Crippen molar-refractivity contribution >= 4 is 34.5 Å². The molecule has 0 unspecified atom stereocenters. The molecule has 4 heterocycles. The number of nitriles is 1. The van der Waals surface area contributed by atoms with Gasteiger partial charge >= 0.3 is 6.09 Å². The quantitative estimate of drug-likeness (QED) is 0.611. The molecule has 2 aromatic heterocycles. The molecular weight excluding hydrogens is 470 g/mol. The molecule has 0 aromatic carbocycles. The smallest absolute Gasteiger partial charge is 0.410 e. The minimum Gasteiger partial charge on any atom is -0.444 e. The average molecular weight is 508 g/mol. The van der Waals surface area contributed by atoms with Gasteiger partial charge < -0.3 is 24.0 Å². The third-order valence-electron chi connectivity index (χ3n) is 7.71. The molecule has 0 spiro atoms. The van der Waals surface area contributed by atoms with E-state index in [1.54, 1.807) is 11.2 Å². The third kappa shape index (κ3) is 4.96. The number of amides is 2. The fourth-order valence-corrected chi connectivity index (χ4v) is 5.95. The minimum absolute atomic E-state index is 0.00231. The first-order valence-corrected chi connectivity index (χ1v) is 13.5. The van der Waals surface area contributed by atoms with Crippen molar-refractivity contribution < 1.29 is 14.3 Å². The van der Waals surface area contributed by atoms with Crippen molar-refractivity contribution in [2.45, 2.75) is 83.9 Å². The van der Waals surface area contributed by atoms with Crippen LogP contribution in [0.15, 0.2) is 12.5 Å². The van der Waals surface area contributed by atoms with Gasteiger partial charge in [-0.05, 0) is 53.4 Å². The van der Waals surface area contributed by atoms with Crippen molar-refractivity contribution in [1.29, 1.82) is 5.26 Å². The van der Waals surface area contributed by atoms with Crippen LogP contribution >= 0.6 is 0 Å². The summed E-state index contributed by atoms with van der Waals surface area (Å²) in [6.07, 6.45) is 8.45. The molecule has 2 aliphatic heterocycles. The summed E-state index contributed by atoms with van der Waals surface area (Å²) < 4.78 is 7.78. The number of rotatable bonds is 3. The lowest BCUT2D eigenvalue weighted by molar-refractivity contribution is -0.117. The Balaban J connectivity index is 1.51. The first kappa shape index (κ1) is 25.3. The predicted octanol–water partition coefficient (Wildman–Crippen LogP) is 4.26. The zero-order chi connectivity index (χ0) is 26.3. The Morgan fingerprint density at radius 2 is 1.97 bits per heavy atom. The molecule has 3 fully saturated rings. The first-order valence-electron chi connectivity index (χ1n) is 13.5. The standard InChI is InChI=1S/C27H37N7O3/c1-18-15-31(26(36)37-27(2,3)4)11-12-32(18)24-23-21(33-10-6-9-22(33)35)16-34(25(23)30-17-29-24)20-8-5-7-19(13-20)14-28/h16-20H,5-13,15H2,1-4H3/t18-,19+,20-/m0/s1. The third-order valence-corrected chi connectivity index (χ3v) is 7.71. The lowest BCUT2D eigenvalue weighted by Gasteiger charge is -2.41. The van der Waals surface area contributed by atoms with Crippen molar-refractivity contribution in [3.05, 3.63) is 12.5 Å². The zero-order valence-corrected chi connectivity index (χ0v) is 22.3. The van der Waals surface area contributed by atoms with Gasteiger partial charge in [0.1, 0.15) is 23.4 Å². The number of fused-ring (bicyclic) bond motifs is 1. The molecule has 3 atom stereocenters. The fraction of sp³-hybridized carbons (Fsp3) is 0.667. The molecule has 5 rings (SSSR count). The molecule has 2 saturated heterocycles. The highest BCUT2D eigenvalue weighted by atomic mass is 16.6. The topological polar surface area (TPSA) is 108 Å². The zero-order valence-electron chi connectivity index (χ0n) is 22.3. The van der Waals surface area contributed by atoms with E-state index in [-0.39, 0.29) is 30.0 Å². The van der Waals surface area contributed by atoms with E-state index in [1.807, 2.05) is 25.7 Å². The van der Waals surface area contributed by atoms with Crippen LogP contribution in [0.2, 0.25) is 0 Å². The van der Waals surface area contributed by atoms with Crippen LogP contribution in [-0.4, -0.2) is 69.3 Å². The first-order chi connectivity index (χ1) is 17.7. The van der Waals surface area contributed by atoms with Crippen molar-refractivity contribution in [3.8, 4) is 6.07 Å². The summed E-state index contributed by atoms with van der Waals surface area (Å²) in [6, 6.07) is 2.62. The summed E-state index contributed by atoms with van der Waals surface area (Å²) >= 11 is 0. The molecule has 2 aromatic rings. The van der Waals surface area contributed by atoms with Gasteiger partial charge in [-0.1, -0.05) is 6.42 Å². The van der Waals surface area contributed by atoms with Crippen LogP contribution in [-0.2, 0) is 9.53 Å². The van der Waals surface area contributed by atoms with E-state index >= 15 is 0 Å². The van der Waals surface area contributed by atoms with E-state index in [9.17, 15) is 14.9 Å². The number of carbonyl (C=O) groups is 2. The highest BCUT2D eigenvalue weighted by Crippen LogP contribution is 2.42. The molecule has 37 heavy (non-hydrogen) atoms. The number of piperazine rings is 1. The van der Waals surface area contributed by atoms with E-state index in [1.165, 1.54) is 0 Å². The van der Waals surface area contributed by atoms with Crippen molar-refractivity contribution in [2.75, 3.05) is 36.0 Å². The lowest BCUT2D eigenvalue weighted by Crippen LogP contribution is -2.54. The molecule has 2 amide bonds. The fourth-order valence-electron chi connectivity index (χ4n) is 5.95. The Hall–Kier alpha value is -3.35. The average Bonchev–Trinajstić information content (AvgIpc) is 3.46. The van der Waals surface area contributed by atoms with Crippen LogP contribution in [0.4, 0.5) is 16.3 Å². The maximum atomic E-state index is 12.8. The Morgan fingerprint density at radius 3 is 2.65 bits per heavy atom. The molecule has 1 saturated carbocycles. The molecule has 0 radical (unpaired) electrons. The van der Waals surface area contributed by atoms with Crippen LogP contribution in [0.5, 0.6) is 0 Å². The van der Waals surface area contributed by atoms with Crippen LogP contribution in [0.1, 0.15) is 72.3 Å². The molecule has 0 N–H and O–H groups in total. The van der Waals surface area contributed by atoms with Gasteiger partial charge in [0.2, 0.25) is 5.91 Å². The van der Waals surface area contributed by atoms with E-state index in [4.69, 9.17) is 14.7 Å². The summed E-state index contributed by atoms with van der Waals surface area (Å²) in [7, 11) is 0. The molecule has 1 aliphatic carbocycles. The lowest BCUT2D eigenvalue weighted by atomic mass is 9.86. The Labute approximate surface area is 218 Å². The number of nitrogens with zero attached hydrogens (tertiary/aromatic N) is 7. The number of hydrogen-bond donors (Lipinski definition) is 0. The van der Waals surface area contributed by atoms with Gasteiger partial charge in [0.05, 0.1) is 17.1 Å². The normalized spacial score (nSPS) is 25.0. The van der Waals surface area contributed by atoms with E-state index in [2.05, 4.69) is 28.7 Å². The molecule has 10 heteroatoms. The number of ether oxygens (including phenoxy) is 1. The second kappa shape index (κ2) is 9.84. The second-order valence-corrected chi connectivity index (χ2v) is 11.6. The van der Waals surface area contributed by atoms with Crippen molar-refractivity contribution in [3.63, 3.8) is 0 Å². The second-order valence-electron chi connectivity index (χ2n) is 11.6. The summed E-state index contributed by atoms with van der Waals surface area (Å²) in [6.45, 7) is 10.0. The largest absolute Gasteiger partial charge is 0.444 e. The van der Waals surface area contributed by atoms with Gasteiger partial charge in [-0.2, -0.15) is 5.26 Å². The van der Waals surface area contributed by atoms with Crippen LogP contribution in [0.3, 0.4) is 0 Å². The predicted molar refractivity (Wildman–Crippen MR) is 140 cm³/mol. The molecule has 0 bridgehead atoms. The number of hydrogen-bond acceptors (Lipinski definition) is 7. The highest BCUT2D eigenvalue weighted by molar-refractivity contribution is 6.08. The van der Waals surface area contributed by atoms with Gasteiger partial charge in [-0.3, -0.25) is 4.79 Å². The molecular formula is C27H37N7O3. The van der Waals surface area contributed by atoms with Gasteiger partial charge in [0, 0.05) is 56.8 Å². The van der Waals surface area contributed by atoms with Crippen LogP contribution in [0, 0.1) is 17.2 Å². The van der Waals surface area contributed by atoms with Crippen LogP contribution in [0.25, 0.3) is 11.0 Å². The van der Waals surface area contributed by atoms with E-state index in [0.29, 0.717) is 32.6 Å². The summed E-state index contributed by atoms with van der Waals surface area (Å²) in [5, 5.41) is 10.5. The van der Waals surface area contributed by atoms with E-state index < -0.39 is 5.60 Å². The molecule has 10 nitrogen and oxygen atoms in total. The Kier molecular flexibility index (Phi) is 6.73. The molecule has 3 aliphatic rings. The Bertz CT molecular complexity index is 1230. The maximum Gasteiger partial charge on any atom is 0.410 e. The van der Waals surface area contributed by atoms with Crippen molar-refractivity contribution in [2.24, 2.45) is 5.92 Å². The number of carbonyl (C=O) groups excluding carboxylic acids is 2. The van der Waals surface area contributed by atoms with Gasteiger partial charge in [0.15, 0.2) is 0 Å². The van der Waals surface area contributed by atoms with Crippen LogP contribution < -0.4 is 9.80 Å².